The summed E-state index contributed by atoms with van der Waals surface area (Å²) in [5.74, 6) is 0.780. The SMILES string of the molecule is CC(C)(C)CCOc1ccc(Cl)cc1-c1ccon1. The first-order valence-corrected chi connectivity index (χ1v) is 6.67. The van der Waals surface area contributed by atoms with Gasteiger partial charge in [-0.3, -0.25) is 0 Å². The average Bonchev–Trinajstić information content (AvgIpc) is 2.83. The monoisotopic (exact) mass is 279 g/mol. The van der Waals surface area contributed by atoms with Crippen LogP contribution in [0.5, 0.6) is 5.75 Å². The van der Waals surface area contributed by atoms with Gasteiger partial charge in [0, 0.05) is 16.7 Å². The van der Waals surface area contributed by atoms with Crippen LogP contribution in [0.25, 0.3) is 11.3 Å². The lowest BCUT2D eigenvalue weighted by atomic mass is 9.93. The third kappa shape index (κ3) is 4.00. The van der Waals surface area contributed by atoms with Crippen LogP contribution < -0.4 is 4.74 Å². The number of benzene rings is 1. The van der Waals surface area contributed by atoms with E-state index < -0.39 is 0 Å². The minimum Gasteiger partial charge on any atom is -0.493 e. The van der Waals surface area contributed by atoms with Crippen molar-refractivity contribution in [2.75, 3.05) is 6.61 Å². The molecule has 0 bridgehead atoms. The molecule has 4 heteroatoms. The van der Waals surface area contributed by atoms with Gasteiger partial charge in [0.2, 0.25) is 0 Å². The van der Waals surface area contributed by atoms with Gasteiger partial charge in [-0.25, -0.2) is 0 Å². The Kier molecular flexibility index (Phi) is 4.15. The third-order valence-electron chi connectivity index (χ3n) is 2.77. The Bertz CT molecular complexity index is 530. The number of hydrogen-bond donors (Lipinski definition) is 0. The first-order chi connectivity index (χ1) is 8.96. The highest BCUT2D eigenvalue weighted by atomic mass is 35.5. The molecule has 0 aliphatic heterocycles. The Balaban J connectivity index is 2.16. The number of halogens is 1. The summed E-state index contributed by atoms with van der Waals surface area (Å²) in [4.78, 5) is 0. The van der Waals surface area contributed by atoms with E-state index in [1.807, 2.05) is 18.2 Å². The van der Waals surface area contributed by atoms with Crippen molar-refractivity contribution in [3.63, 3.8) is 0 Å². The first-order valence-electron chi connectivity index (χ1n) is 6.29. The maximum Gasteiger partial charge on any atom is 0.128 e. The third-order valence-corrected chi connectivity index (χ3v) is 3.00. The van der Waals surface area contributed by atoms with Gasteiger partial charge in [0.1, 0.15) is 17.7 Å². The van der Waals surface area contributed by atoms with E-state index in [2.05, 4.69) is 25.9 Å². The molecule has 2 rings (SSSR count). The van der Waals surface area contributed by atoms with Gasteiger partial charge in [-0.15, -0.1) is 0 Å². The molecule has 1 aromatic carbocycles. The van der Waals surface area contributed by atoms with Gasteiger partial charge in [-0.2, -0.15) is 0 Å². The van der Waals surface area contributed by atoms with E-state index in [0.29, 0.717) is 11.6 Å². The molecule has 0 atom stereocenters. The molecule has 0 saturated heterocycles. The van der Waals surface area contributed by atoms with Crippen LogP contribution in [0.3, 0.4) is 0 Å². The second-order valence-electron chi connectivity index (χ2n) is 5.68. The van der Waals surface area contributed by atoms with Crippen molar-refractivity contribution < 1.29 is 9.26 Å². The van der Waals surface area contributed by atoms with E-state index in [-0.39, 0.29) is 5.41 Å². The van der Waals surface area contributed by atoms with Crippen molar-refractivity contribution in [3.8, 4) is 17.0 Å². The van der Waals surface area contributed by atoms with Gasteiger partial charge >= 0.3 is 0 Å². The summed E-state index contributed by atoms with van der Waals surface area (Å²) in [5, 5.41) is 4.59. The van der Waals surface area contributed by atoms with Gasteiger partial charge in [-0.05, 0) is 30.0 Å². The minimum atomic E-state index is 0.250. The van der Waals surface area contributed by atoms with E-state index in [4.69, 9.17) is 20.9 Å². The molecular formula is C15H18ClNO2. The van der Waals surface area contributed by atoms with Gasteiger partial charge in [0.25, 0.3) is 0 Å². The molecule has 0 N–H and O–H groups in total. The minimum absolute atomic E-state index is 0.250. The zero-order valence-electron chi connectivity index (χ0n) is 11.4. The second-order valence-corrected chi connectivity index (χ2v) is 6.12. The molecule has 102 valence electrons. The fourth-order valence-electron chi connectivity index (χ4n) is 1.65. The van der Waals surface area contributed by atoms with Crippen LogP contribution in [0, 0.1) is 5.41 Å². The summed E-state index contributed by atoms with van der Waals surface area (Å²) in [5.41, 5.74) is 1.84. The number of ether oxygens (including phenoxy) is 1. The van der Waals surface area contributed by atoms with Crippen LogP contribution in [0.4, 0.5) is 0 Å². The standard InChI is InChI=1S/C15H18ClNO2/c1-15(2,3)7-9-18-14-5-4-11(16)10-12(14)13-6-8-19-17-13/h4-6,8,10H,7,9H2,1-3H3. The molecule has 1 heterocycles. The van der Waals surface area contributed by atoms with E-state index >= 15 is 0 Å². The number of nitrogens with zero attached hydrogens (tertiary/aromatic N) is 1. The summed E-state index contributed by atoms with van der Waals surface area (Å²) in [7, 11) is 0. The molecule has 0 unspecified atom stereocenters. The molecule has 0 amide bonds. The summed E-state index contributed by atoms with van der Waals surface area (Å²) >= 11 is 6.03. The molecule has 2 aromatic rings. The van der Waals surface area contributed by atoms with Crippen molar-refractivity contribution in [2.24, 2.45) is 5.41 Å². The predicted octanol–water partition coefficient (Wildman–Crippen LogP) is 4.81. The molecule has 0 aliphatic rings. The largest absolute Gasteiger partial charge is 0.493 e. The van der Waals surface area contributed by atoms with Crippen molar-refractivity contribution in [1.82, 2.24) is 5.16 Å². The van der Waals surface area contributed by atoms with Crippen LogP contribution in [0.1, 0.15) is 27.2 Å². The fraction of sp³-hybridized carbons (Fsp3) is 0.400. The van der Waals surface area contributed by atoms with Crippen LogP contribution in [-0.4, -0.2) is 11.8 Å². The number of rotatable bonds is 4. The second kappa shape index (κ2) is 5.66. The normalized spacial score (nSPS) is 11.6. The molecule has 0 spiro atoms. The molecule has 0 radical (unpaired) electrons. The molecule has 3 nitrogen and oxygen atoms in total. The van der Waals surface area contributed by atoms with Gasteiger partial charge in [-0.1, -0.05) is 37.5 Å². The zero-order valence-corrected chi connectivity index (χ0v) is 12.2. The lowest BCUT2D eigenvalue weighted by Gasteiger charge is -2.18. The van der Waals surface area contributed by atoms with E-state index in [1.165, 1.54) is 6.26 Å². The van der Waals surface area contributed by atoms with Crippen molar-refractivity contribution in [2.45, 2.75) is 27.2 Å². The van der Waals surface area contributed by atoms with Gasteiger partial charge < -0.3 is 9.26 Å². The van der Waals surface area contributed by atoms with Crippen molar-refractivity contribution in [1.29, 1.82) is 0 Å². The Morgan fingerprint density at radius 2 is 2.05 bits per heavy atom. The molecule has 19 heavy (non-hydrogen) atoms. The highest BCUT2D eigenvalue weighted by Crippen LogP contribution is 2.32. The smallest absolute Gasteiger partial charge is 0.128 e. The zero-order chi connectivity index (χ0) is 13.9. The predicted molar refractivity (Wildman–Crippen MR) is 76.5 cm³/mol. The average molecular weight is 280 g/mol. The topological polar surface area (TPSA) is 35.3 Å². The van der Waals surface area contributed by atoms with Crippen molar-refractivity contribution >= 4 is 11.6 Å². The maximum absolute atomic E-state index is 6.03. The lowest BCUT2D eigenvalue weighted by molar-refractivity contribution is 0.243. The van der Waals surface area contributed by atoms with Crippen LogP contribution >= 0.6 is 11.6 Å². The Morgan fingerprint density at radius 1 is 1.26 bits per heavy atom. The van der Waals surface area contributed by atoms with Crippen LogP contribution in [0.15, 0.2) is 35.1 Å². The summed E-state index contributed by atoms with van der Waals surface area (Å²) in [6.45, 7) is 7.24. The molecule has 1 aromatic heterocycles. The lowest BCUT2D eigenvalue weighted by Crippen LogP contribution is -2.11. The Hall–Kier alpha value is -1.48. The molecule has 0 aliphatic carbocycles. The van der Waals surface area contributed by atoms with Gasteiger partial charge in [0.15, 0.2) is 0 Å². The fourth-order valence-corrected chi connectivity index (χ4v) is 1.82. The highest BCUT2D eigenvalue weighted by Gasteiger charge is 2.13. The summed E-state index contributed by atoms with van der Waals surface area (Å²) in [6, 6.07) is 7.32. The highest BCUT2D eigenvalue weighted by molar-refractivity contribution is 6.30. The summed E-state index contributed by atoms with van der Waals surface area (Å²) < 4.78 is 10.7. The van der Waals surface area contributed by atoms with Crippen LogP contribution in [-0.2, 0) is 0 Å². The van der Waals surface area contributed by atoms with E-state index in [9.17, 15) is 0 Å². The maximum atomic E-state index is 6.03. The summed E-state index contributed by atoms with van der Waals surface area (Å²) in [6.07, 6.45) is 2.52. The Morgan fingerprint density at radius 3 is 2.68 bits per heavy atom. The molecule has 0 saturated carbocycles. The van der Waals surface area contributed by atoms with Crippen LogP contribution in [0.2, 0.25) is 5.02 Å². The van der Waals surface area contributed by atoms with Gasteiger partial charge in [0.05, 0.1) is 6.61 Å². The first kappa shape index (κ1) is 13.9. The molecule has 0 fully saturated rings. The van der Waals surface area contributed by atoms with E-state index in [0.717, 1.165) is 23.4 Å². The van der Waals surface area contributed by atoms with Crippen molar-refractivity contribution in [3.05, 3.63) is 35.6 Å². The Labute approximate surface area is 118 Å². The molecular weight excluding hydrogens is 262 g/mol. The number of aromatic nitrogens is 1. The quantitative estimate of drug-likeness (QED) is 0.805. The number of hydrogen-bond acceptors (Lipinski definition) is 3. The van der Waals surface area contributed by atoms with E-state index in [1.54, 1.807) is 6.07 Å².